The number of halogens is 3. The number of rotatable bonds is 18. The predicted molar refractivity (Wildman–Crippen MR) is 267 cm³/mol. The topological polar surface area (TPSA) is 188 Å². The first-order valence-corrected chi connectivity index (χ1v) is 24.3. The lowest BCUT2D eigenvalue weighted by molar-refractivity contribution is -0.144. The molecule has 1 unspecified atom stereocenters. The highest BCUT2D eigenvalue weighted by atomic mass is 32.1. The zero-order chi connectivity index (χ0) is 51.7. The molecule has 5 amide bonds. The van der Waals surface area contributed by atoms with Crippen molar-refractivity contribution in [2.75, 3.05) is 26.3 Å². The summed E-state index contributed by atoms with van der Waals surface area (Å²) in [5.74, 6) is -1.45. The number of β-amino-alcohol motifs (C(OH)–C–C–N with tert-alkyl or cyclic N) is 1. The van der Waals surface area contributed by atoms with Gasteiger partial charge in [-0.15, -0.1) is 11.3 Å². The number of fused-ring (bicyclic) bond motifs is 1. The number of aryl methyl sites for hydroxylation is 1. The van der Waals surface area contributed by atoms with Crippen molar-refractivity contribution in [1.82, 2.24) is 31.2 Å². The van der Waals surface area contributed by atoms with E-state index in [0.29, 0.717) is 27.6 Å². The Morgan fingerprint density at radius 1 is 0.861 bits per heavy atom. The van der Waals surface area contributed by atoms with Gasteiger partial charge < -0.3 is 40.7 Å². The van der Waals surface area contributed by atoms with Gasteiger partial charge in [0.1, 0.15) is 30.2 Å². The minimum atomic E-state index is -4.46. The van der Waals surface area contributed by atoms with E-state index in [4.69, 9.17) is 9.47 Å². The summed E-state index contributed by atoms with van der Waals surface area (Å²) in [4.78, 5) is 73.6. The van der Waals surface area contributed by atoms with Gasteiger partial charge in [0, 0.05) is 37.0 Å². The number of benzene rings is 5. The van der Waals surface area contributed by atoms with Crippen LogP contribution < -0.4 is 26.0 Å². The summed E-state index contributed by atoms with van der Waals surface area (Å²) in [5.41, 5.74) is 4.93. The maximum Gasteiger partial charge on any atom is 0.416 e. The van der Waals surface area contributed by atoms with Gasteiger partial charge in [0.2, 0.25) is 23.6 Å². The third kappa shape index (κ3) is 13.6. The van der Waals surface area contributed by atoms with E-state index in [9.17, 15) is 42.3 Å². The molecule has 7 rings (SSSR count). The number of carbonyl (C=O) groups excluding carboxylic acids is 5. The molecule has 378 valence electrons. The Morgan fingerprint density at radius 3 is 2.28 bits per heavy atom. The van der Waals surface area contributed by atoms with Crippen molar-refractivity contribution < 1.29 is 51.7 Å². The Hall–Kier alpha value is -7.15. The number of ether oxygens (including phenoxy) is 2. The average Bonchev–Trinajstić information content (AvgIpc) is 3.96. The van der Waals surface area contributed by atoms with Gasteiger partial charge in [-0.3, -0.25) is 24.0 Å². The molecule has 4 atom stereocenters. The number of amides is 5. The van der Waals surface area contributed by atoms with Gasteiger partial charge in [-0.1, -0.05) is 81.4 Å². The number of alkyl halides is 3. The zero-order valence-electron chi connectivity index (χ0n) is 40.5. The lowest BCUT2D eigenvalue weighted by Crippen LogP contribution is -2.58. The molecule has 1 aromatic heterocycles. The van der Waals surface area contributed by atoms with Gasteiger partial charge in [0.25, 0.3) is 5.91 Å². The third-order valence-electron chi connectivity index (χ3n) is 12.2. The normalized spacial score (nSPS) is 15.7. The lowest BCUT2D eigenvalue weighted by atomic mass is 9.85. The fourth-order valence-electron chi connectivity index (χ4n) is 8.35. The van der Waals surface area contributed by atoms with Crippen molar-refractivity contribution in [2.45, 2.75) is 84.4 Å². The number of hydrogen-bond donors (Lipinski definition) is 5. The van der Waals surface area contributed by atoms with E-state index < -0.39 is 59.7 Å². The molecule has 18 heteroatoms. The van der Waals surface area contributed by atoms with Crippen LogP contribution in [0.5, 0.6) is 11.5 Å². The Balaban J connectivity index is 0.834. The van der Waals surface area contributed by atoms with Crippen molar-refractivity contribution in [3.8, 4) is 21.9 Å². The van der Waals surface area contributed by atoms with Gasteiger partial charge >= 0.3 is 6.18 Å². The predicted octanol–water partition coefficient (Wildman–Crippen LogP) is 8.06. The second-order valence-electron chi connectivity index (χ2n) is 18.8. The van der Waals surface area contributed by atoms with Crippen LogP contribution in [0.1, 0.15) is 78.5 Å². The van der Waals surface area contributed by atoms with Crippen molar-refractivity contribution in [3.05, 3.63) is 148 Å². The molecule has 1 aliphatic heterocycles. The number of aliphatic hydroxyl groups is 1. The summed E-state index contributed by atoms with van der Waals surface area (Å²) in [6.07, 6.45) is -5.29. The Morgan fingerprint density at radius 2 is 1.58 bits per heavy atom. The monoisotopic (exact) mass is 1010 g/mol. The molecule has 0 aliphatic carbocycles. The summed E-state index contributed by atoms with van der Waals surface area (Å²) < 4.78 is 50.4. The summed E-state index contributed by atoms with van der Waals surface area (Å²) in [7, 11) is 0. The Kier molecular flexibility index (Phi) is 16.8. The van der Waals surface area contributed by atoms with E-state index in [-0.39, 0.29) is 62.7 Å². The van der Waals surface area contributed by atoms with Gasteiger partial charge in [-0.2, -0.15) is 13.2 Å². The molecule has 2 heterocycles. The number of aromatic nitrogens is 1. The standard InChI is InChI=1S/C54H57F3N6O8S/c1-32(36-12-14-37(15-13-36)48-33(2)60-31-72-48)61-51(68)44-27-41(64)29-63(44)52(69)49(53(3,4)5)62-47(66)30-70-23-22-58-46(65)25-34-8-6-9-35(24-34)28-59-50(67)39-16-21-43-38(26-39)10-7-11-45(43)71-42-19-17-40(18-20-42)54(55,56)57/h6-21,24,26,31-32,41,44,49,64H,22-23,25,27-30H2,1-5H3,(H,58,65)(H,59,67)(H,61,68)(H,62,66)/t32-,41?,44-,49+/m0/s1. The molecule has 5 aromatic carbocycles. The summed E-state index contributed by atoms with van der Waals surface area (Å²) in [5, 5.41) is 23.4. The molecule has 0 radical (unpaired) electrons. The highest BCUT2D eigenvalue weighted by Gasteiger charge is 2.44. The quantitative estimate of drug-likeness (QED) is 0.0531. The van der Waals surface area contributed by atoms with Crippen LogP contribution >= 0.6 is 11.3 Å². The van der Waals surface area contributed by atoms with Crippen LogP contribution in [0.3, 0.4) is 0 Å². The van der Waals surface area contributed by atoms with Gasteiger partial charge in [0.05, 0.1) is 46.8 Å². The van der Waals surface area contributed by atoms with E-state index in [2.05, 4.69) is 26.3 Å². The number of thiazole rings is 1. The van der Waals surface area contributed by atoms with Crippen molar-refractivity contribution >= 4 is 51.6 Å². The number of nitrogens with zero attached hydrogens (tertiary/aromatic N) is 2. The highest BCUT2D eigenvalue weighted by Crippen LogP contribution is 2.35. The Labute approximate surface area is 419 Å². The van der Waals surface area contributed by atoms with Crippen molar-refractivity contribution in [1.29, 1.82) is 0 Å². The molecular weight excluding hydrogens is 950 g/mol. The first kappa shape index (κ1) is 52.7. The molecule has 0 bridgehead atoms. The Bertz CT molecular complexity index is 2900. The molecule has 1 aliphatic rings. The molecule has 0 spiro atoms. The second-order valence-corrected chi connectivity index (χ2v) is 19.6. The van der Waals surface area contributed by atoms with E-state index in [1.165, 1.54) is 17.0 Å². The van der Waals surface area contributed by atoms with Crippen molar-refractivity contribution in [3.63, 3.8) is 0 Å². The summed E-state index contributed by atoms with van der Waals surface area (Å²) >= 11 is 1.55. The molecule has 5 N–H and O–H groups in total. The largest absolute Gasteiger partial charge is 0.457 e. The van der Waals surface area contributed by atoms with Crippen LogP contribution in [0.4, 0.5) is 13.2 Å². The number of aliphatic hydroxyl groups excluding tert-OH is 1. The minimum Gasteiger partial charge on any atom is -0.457 e. The van der Waals surface area contributed by atoms with Crippen molar-refractivity contribution in [2.24, 2.45) is 5.41 Å². The first-order valence-electron chi connectivity index (χ1n) is 23.4. The summed E-state index contributed by atoms with van der Waals surface area (Å²) in [6, 6.07) is 27.3. The third-order valence-corrected chi connectivity index (χ3v) is 13.2. The van der Waals surface area contributed by atoms with E-state index in [1.807, 2.05) is 50.2 Å². The van der Waals surface area contributed by atoms with E-state index in [1.54, 1.807) is 86.1 Å². The fraction of sp³-hybridized carbons (Fsp3) is 0.333. The number of nitrogens with one attached hydrogen (secondary N) is 4. The maximum atomic E-state index is 14.1. The molecule has 72 heavy (non-hydrogen) atoms. The van der Waals surface area contributed by atoms with Crippen LogP contribution in [-0.2, 0) is 43.1 Å². The minimum absolute atomic E-state index is 0.00792. The van der Waals surface area contributed by atoms with Crippen LogP contribution in [0.15, 0.2) is 115 Å². The van der Waals surface area contributed by atoms with Gasteiger partial charge in [0.15, 0.2) is 0 Å². The maximum absolute atomic E-state index is 14.1. The number of hydrogen-bond acceptors (Lipinski definition) is 10. The molecule has 6 aromatic rings. The number of carbonyl (C=O) groups is 5. The molecule has 0 saturated carbocycles. The van der Waals surface area contributed by atoms with Gasteiger partial charge in [-0.25, -0.2) is 4.98 Å². The molecular formula is C54H57F3N6O8S. The molecule has 1 fully saturated rings. The smallest absolute Gasteiger partial charge is 0.416 e. The summed E-state index contributed by atoms with van der Waals surface area (Å²) in [6.45, 7) is 9.01. The lowest BCUT2D eigenvalue weighted by Gasteiger charge is -2.35. The molecule has 14 nitrogen and oxygen atoms in total. The van der Waals surface area contributed by atoms with E-state index in [0.717, 1.165) is 39.4 Å². The van der Waals surface area contributed by atoms with Gasteiger partial charge in [-0.05, 0) is 95.4 Å². The second kappa shape index (κ2) is 22.9. The molecule has 1 saturated heterocycles. The van der Waals surface area contributed by atoms with Crippen LogP contribution in [-0.4, -0.2) is 89.0 Å². The van der Waals surface area contributed by atoms with E-state index >= 15 is 0 Å². The first-order chi connectivity index (χ1) is 34.2. The SMILES string of the molecule is Cc1ncsc1-c1ccc([C@H](C)NC(=O)[C@@H]2CC(O)CN2C(=O)[C@@H](NC(=O)COCCNC(=O)Cc2cccc(CNC(=O)c3ccc4c(Oc5ccc(C(F)(F)F)cc5)cccc4c3)c2)C(C)(C)C)cc1. The average molecular weight is 1010 g/mol. The number of likely N-dealkylation sites (tertiary alicyclic amines) is 1. The van der Waals surface area contributed by atoms with Crippen LogP contribution in [0, 0.1) is 12.3 Å². The van der Waals surface area contributed by atoms with Crippen LogP contribution in [0.2, 0.25) is 0 Å². The fourth-order valence-corrected chi connectivity index (χ4v) is 9.16. The highest BCUT2D eigenvalue weighted by molar-refractivity contribution is 7.13. The van der Waals surface area contributed by atoms with Crippen LogP contribution in [0.25, 0.3) is 21.2 Å². The zero-order valence-corrected chi connectivity index (χ0v) is 41.3.